The first-order chi connectivity index (χ1) is 6.54. The van der Waals surface area contributed by atoms with E-state index in [9.17, 15) is 9.59 Å². The van der Waals surface area contributed by atoms with E-state index in [0.29, 0.717) is 13.1 Å². The Balaban J connectivity index is 0. The Labute approximate surface area is 83.3 Å². The van der Waals surface area contributed by atoms with Gasteiger partial charge in [0.05, 0.1) is 12.8 Å². The quantitative estimate of drug-likeness (QED) is 0.461. The zero-order valence-corrected chi connectivity index (χ0v) is 8.54. The fraction of sp³-hybridized carbons (Fsp3) is 0.750. The number of hydrogen-bond acceptors (Lipinski definition) is 4. The molecular formula is C8H18N2O4. The second kappa shape index (κ2) is 11.9. The molecule has 0 bridgehead atoms. The number of carboxylic acids is 2. The summed E-state index contributed by atoms with van der Waals surface area (Å²) in [6, 6.07) is 0. The van der Waals surface area contributed by atoms with Crippen molar-refractivity contribution in [3.05, 3.63) is 0 Å². The number of aliphatic carboxylic acids is 2. The standard InChI is InChI=1S/2C4H9NO2/c2*1-5-3-2-4(6)7/h2*5H,2-3H2,1H3,(H,6,7). The van der Waals surface area contributed by atoms with Crippen molar-refractivity contribution >= 4 is 11.9 Å². The normalized spacial score (nSPS) is 8.71. The maximum Gasteiger partial charge on any atom is 0.304 e. The second-order valence-corrected chi connectivity index (χ2v) is 2.49. The molecule has 0 saturated carbocycles. The molecule has 0 amide bonds. The lowest BCUT2D eigenvalue weighted by molar-refractivity contribution is -0.137. The molecule has 0 aromatic rings. The second-order valence-electron chi connectivity index (χ2n) is 2.49. The minimum absolute atomic E-state index is 0.205. The van der Waals surface area contributed by atoms with Gasteiger partial charge in [-0.3, -0.25) is 9.59 Å². The van der Waals surface area contributed by atoms with Gasteiger partial charge in [-0.1, -0.05) is 0 Å². The van der Waals surface area contributed by atoms with Crippen LogP contribution < -0.4 is 10.6 Å². The van der Waals surface area contributed by atoms with E-state index in [1.54, 1.807) is 14.1 Å². The first kappa shape index (κ1) is 15.3. The summed E-state index contributed by atoms with van der Waals surface area (Å²) in [6.07, 6.45) is 0.410. The van der Waals surface area contributed by atoms with Crippen LogP contribution in [0.2, 0.25) is 0 Å². The average Bonchev–Trinajstić information content (AvgIpc) is 2.12. The fourth-order valence-electron chi connectivity index (χ4n) is 0.464. The summed E-state index contributed by atoms with van der Waals surface area (Å²) >= 11 is 0. The number of nitrogens with one attached hydrogen (secondary N) is 2. The van der Waals surface area contributed by atoms with Gasteiger partial charge in [0.2, 0.25) is 0 Å². The smallest absolute Gasteiger partial charge is 0.304 e. The van der Waals surface area contributed by atoms with Gasteiger partial charge in [0, 0.05) is 13.1 Å². The summed E-state index contributed by atoms with van der Waals surface area (Å²) in [5.74, 6) is -1.51. The van der Waals surface area contributed by atoms with Gasteiger partial charge >= 0.3 is 11.9 Å². The van der Waals surface area contributed by atoms with Crippen molar-refractivity contribution in [2.75, 3.05) is 27.2 Å². The van der Waals surface area contributed by atoms with Crippen molar-refractivity contribution in [2.45, 2.75) is 12.8 Å². The van der Waals surface area contributed by atoms with Crippen LogP contribution in [0.5, 0.6) is 0 Å². The summed E-state index contributed by atoms with van der Waals surface area (Å²) in [5.41, 5.74) is 0. The Morgan fingerprint density at radius 3 is 1.29 bits per heavy atom. The van der Waals surface area contributed by atoms with Crippen LogP contribution in [0.3, 0.4) is 0 Å². The van der Waals surface area contributed by atoms with Gasteiger partial charge in [-0.15, -0.1) is 0 Å². The molecule has 6 heteroatoms. The lowest BCUT2D eigenvalue weighted by atomic mass is 10.4. The molecule has 4 N–H and O–H groups in total. The van der Waals surface area contributed by atoms with E-state index in [4.69, 9.17) is 10.2 Å². The third kappa shape index (κ3) is 22.4. The van der Waals surface area contributed by atoms with E-state index in [0.717, 1.165) is 0 Å². The molecule has 0 aromatic heterocycles. The van der Waals surface area contributed by atoms with E-state index in [1.807, 2.05) is 0 Å². The Morgan fingerprint density at radius 2 is 1.21 bits per heavy atom. The summed E-state index contributed by atoms with van der Waals surface area (Å²) < 4.78 is 0. The predicted molar refractivity (Wildman–Crippen MR) is 52.4 cm³/mol. The summed E-state index contributed by atoms with van der Waals surface area (Å²) in [4.78, 5) is 19.4. The van der Waals surface area contributed by atoms with Gasteiger partial charge in [-0.2, -0.15) is 0 Å². The predicted octanol–water partition coefficient (Wildman–Crippen LogP) is -0.639. The van der Waals surface area contributed by atoms with Crippen molar-refractivity contribution in [2.24, 2.45) is 0 Å². The molecule has 0 aromatic carbocycles. The van der Waals surface area contributed by atoms with Crippen LogP contribution >= 0.6 is 0 Å². The molecule has 0 rings (SSSR count). The first-order valence-electron chi connectivity index (χ1n) is 4.27. The van der Waals surface area contributed by atoms with Crippen LogP contribution in [0.4, 0.5) is 0 Å². The molecular weight excluding hydrogens is 188 g/mol. The zero-order chi connectivity index (χ0) is 11.4. The SMILES string of the molecule is CNCCC(=O)O.CNCCC(=O)O. The number of carbonyl (C=O) groups is 2. The van der Waals surface area contributed by atoms with Crippen LogP contribution in [-0.2, 0) is 9.59 Å². The molecule has 84 valence electrons. The lowest BCUT2D eigenvalue weighted by Crippen LogP contribution is -2.11. The molecule has 6 nitrogen and oxygen atoms in total. The molecule has 0 radical (unpaired) electrons. The Morgan fingerprint density at radius 1 is 0.929 bits per heavy atom. The molecule has 0 unspecified atom stereocenters. The van der Waals surface area contributed by atoms with Crippen LogP contribution in [0.15, 0.2) is 0 Å². The molecule has 0 spiro atoms. The largest absolute Gasteiger partial charge is 0.481 e. The van der Waals surface area contributed by atoms with E-state index in [1.165, 1.54) is 0 Å². The van der Waals surface area contributed by atoms with Gasteiger partial charge in [-0.25, -0.2) is 0 Å². The maximum atomic E-state index is 9.72. The maximum absolute atomic E-state index is 9.72. The highest BCUT2D eigenvalue weighted by Gasteiger charge is 1.90. The topological polar surface area (TPSA) is 98.7 Å². The van der Waals surface area contributed by atoms with Crippen LogP contribution in [-0.4, -0.2) is 49.3 Å². The van der Waals surface area contributed by atoms with E-state index < -0.39 is 11.9 Å². The number of rotatable bonds is 6. The van der Waals surface area contributed by atoms with Gasteiger partial charge in [0.1, 0.15) is 0 Å². The van der Waals surface area contributed by atoms with Crippen molar-refractivity contribution in [3.8, 4) is 0 Å². The van der Waals surface area contributed by atoms with Crippen molar-refractivity contribution in [1.29, 1.82) is 0 Å². The zero-order valence-electron chi connectivity index (χ0n) is 8.54. The third-order valence-corrected chi connectivity index (χ3v) is 1.18. The molecule has 0 aliphatic carbocycles. The van der Waals surface area contributed by atoms with E-state index in [2.05, 4.69) is 10.6 Å². The average molecular weight is 206 g/mol. The highest BCUT2D eigenvalue weighted by molar-refractivity contribution is 5.67. The first-order valence-corrected chi connectivity index (χ1v) is 4.27. The van der Waals surface area contributed by atoms with Gasteiger partial charge in [-0.05, 0) is 14.1 Å². The van der Waals surface area contributed by atoms with Crippen molar-refractivity contribution in [3.63, 3.8) is 0 Å². The molecule has 0 fully saturated rings. The molecule has 0 heterocycles. The minimum atomic E-state index is -0.755. The fourth-order valence-corrected chi connectivity index (χ4v) is 0.464. The van der Waals surface area contributed by atoms with Crippen molar-refractivity contribution < 1.29 is 19.8 Å². The molecule has 0 aliphatic rings. The Kier molecular flexibility index (Phi) is 13.0. The monoisotopic (exact) mass is 206 g/mol. The van der Waals surface area contributed by atoms with Crippen LogP contribution in [0.25, 0.3) is 0 Å². The third-order valence-electron chi connectivity index (χ3n) is 1.18. The lowest BCUT2D eigenvalue weighted by Gasteiger charge is -1.88. The summed E-state index contributed by atoms with van der Waals surface area (Å²) in [7, 11) is 3.45. The number of hydrogen-bond donors (Lipinski definition) is 4. The van der Waals surface area contributed by atoms with E-state index in [-0.39, 0.29) is 12.8 Å². The van der Waals surface area contributed by atoms with Crippen LogP contribution in [0.1, 0.15) is 12.8 Å². The van der Waals surface area contributed by atoms with E-state index >= 15 is 0 Å². The Bertz CT molecular complexity index is 143. The Hall–Kier alpha value is -1.14. The summed E-state index contributed by atoms with van der Waals surface area (Å²) in [6.45, 7) is 1.10. The minimum Gasteiger partial charge on any atom is -0.481 e. The summed E-state index contributed by atoms with van der Waals surface area (Å²) in [5, 5.41) is 21.4. The molecule has 0 saturated heterocycles. The van der Waals surface area contributed by atoms with Crippen molar-refractivity contribution in [1.82, 2.24) is 10.6 Å². The highest BCUT2D eigenvalue weighted by Crippen LogP contribution is 1.71. The highest BCUT2D eigenvalue weighted by atomic mass is 16.4. The van der Waals surface area contributed by atoms with Crippen LogP contribution in [0, 0.1) is 0 Å². The molecule has 0 atom stereocenters. The molecule has 14 heavy (non-hydrogen) atoms. The van der Waals surface area contributed by atoms with Gasteiger partial charge in [0.25, 0.3) is 0 Å². The van der Waals surface area contributed by atoms with Gasteiger partial charge < -0.3 is 20.8 Å². The van der Waals surface area contributed by atoms with Gasteiger partial charge in [0.15, 0.2) is 0 Å². The molecule has 0 aliphatic heterocycles. The number of carboxylic acid groups (broad SMARTS) is 2.